The largest absolute Gasteiger partial charge is 0.208 e. The molecular weight excluding hydrogens is 522 g/mol. The molecule has 6 aromatic carbocycles. The van der Waals surface area contributed by atoms with Gasteiger partial charge in [-0.1, -0.05) is 140 Å². The second kappa shape index (κ2) is 10.6. The predicted molar refractivity (Wildman–Crippen MR) is 175 cm³/mol. The highest BCUT2D eigenvalue weighted by molar-refractivity contribution is 5.82. The molecule has 0 spiro atoms. The lowest BCUT2D eigenvalue weighted by Crippen LogP contribution is -2.00. The quantitative estimate of drug-likeness (QED) is 0.214. The summed E-state index contributed by atoms with van der Waals surface area (Å²) in [6, 6.07) is 53.1. The molecule has 43 heavy (non-hydrogen) atoms. The Labute approximate surface area is 251 Å². The summed E-state index contributed by atoms with van der Waals surface area (Å²) < 4.78 is 0. The van der Waals surface area contributed by atoms with Gasteiger partial charge in [0.25, 0.3) is 0 Å². The van der Waals surface area contributed by atoms with Crippen molar-refractivity contribution in [2.75, 3.05) is 0 Å². The Kier molecular flexibility index (Phi) is 6.20. The van der Waals surface area contributed by atoms with Gasteiger partial charge in [0.1, 0.15) is 0 Å². The van der Waals surface area contributed by atoms with Gasteiger partial charge in [0, 0.05) is 16.7 Å². The zero-order valence-corrected chi connectivity index (χ0v) is 23.5. The molecule has 3 nitrogen and oxygen atoms in total. The van der Waals surface area contributed by atoms with Crippen molar-refractivity contribution in [3.63, 3.8) is 0 Å². The van der Waals surface area contributed by atoms with E-state index in [1.807, 2.05) is 60.7 Å². The van der Waals surface area contributed by atoms with E-state index >= 15 is 0 Å². The fraction of sp³-hybridized carbons (Fsp3) is 0.0250. The van der Waals surface area contributed by atoms with Crippen molar-refractivity contribution in [2.45, 2.75) is 6.42 Å². The van der Waals surface area contributed by atoms with Crippen LogP contribution in [0, 0.1) is 0 Å². The summed E-state index contributed by atoms with van der Waals surface area (Å²) in [6.07, 6.45) is 0.989. The molecule has 202 valence electrons. The van der Waals surface area contributed by atoms with E-state index in [1.165, 1.54) is 33.4 Å². The zero-order chi connectivity index (χ0) is 28.6. The van der Waals surface area contributed by atoms with Crippen LogP contribution in [0.2, 0.25) is 0 Å². The molecule has 1 aromatic heterocycles. The number of hydrogen-bond donors (Lipinski definition) is 0. The SMILES string of the molecule is c1ccc(-c2nc(-c3ccccc3)nc(-c3cccc(-c4cccc(-c5ccc6c(c5)Cc5ccccc5-6)c4)c3)n2)cc1. The first-order valence-corrected chi connectivity index (χ1v) is 14.6. The first-order valence-electron chi connectivity index (χ1n) is 14.6. The number of rotatable bonds is 5. The summed E-state index contributed by atoms with van der Waals surface area (Å²) in [4.78, 5) is 14.7. The maximum Gasteiger partial charge on any atom is 0.164 e. The van der Waals surface area contributed by atoms with Crippen LogP contribution in [0.1, 0.15) is 11.1 Å². The Balaban J connectivity index is 1.17. The van der Waals surface area contributed by atoms with Gasteiger partial charge in [0.2, 0.25) is 0 Å². The molecule has 0 radical (unpaired) electrons. The van der Waals surface area contributed by atoms with Gasteiger partial charge in [-0.15, -0.1) is 0 Å². The predicted octanol–water partition coefficient (Wildman–Crippen LogP) is 9.78. The Bertz CT molecular complexity index is 2040. The van der Waals surface area contributed by atoms with E-state index in [-0.39, 0.29) is 0 Å². The van der Waals surface area contributed by atoms with E-state index < -0.39 is 0 Å². The fourth-order valence-corrected chi connectivity index (χ4v) is 5.98. The van der Waals surface area contributed by atoms with Crippen LogP contribution in [0.3, 0.4) is 0 Å². The molecule has 0 saturated heterocycles. The fourth-order valence-electron chi connectivity index (χ4n) is 5.98. The minimum Gasteiger partial charge on any atom is -0.208 e. The van der Waals surface area contributed by atoms with Gasteiger partial charge in [0.15, 0.2) is 17.5 Å². The topological polar surface area (TPSA) is 38.7 Å². The summed E-state index contributed by atoms with van der Waals surface area (Å²) in [5.74, 6) is 1.98. The van der Waals surface area contributed by atoms with Gasteiger partial charge in [-0.25, -0.2) is 15.0 Å². The lowest BCUT2D eigenvalue weighted by atomic mass is 9.95. The molecule has 0 atom stereocenters. The Morgan fingerprint density at radius 1 is 0.302 bits per heavy atom. The molecule has 1 aliphatic rings. The molecule has 0 saturated carbocycles. The minimum atomic E-state index is 0.656. The molecule has 1 aliphatic carbocycles. The van der Waals surface area contributed by atoms with Crippen LogP contribution in [0.4, 0.5) is 0 Å². The van der Waals surface area contributed by atoms with E-state index in [2.05, 4.69) is 91.0 Å². The number of benzene rings is 6. The maximum absolute atomic E-state index is 4.93. The molecular formula is C40H27N3. The lowest BCUT2D eigenvalue weighted by Gasteiger charge is -2.11. The van der Waals surface area contributed by atoms with Crippen LogP contribution in [-0.4, -0.2) is 15.0 Å². The summed E-state index contributed by atoms with van der Waals surface area (Å²) in [5.41, 5.74) is 13.1. The summed E-state index contributed by atoms with van der Waals surface area (Å²) in [7, 11) is 0. The van der Waals surface area contributed by atoms with Gasteiger partial charge >= 0.3 is 0 Å². The standard InChI is InChI=1S/C40H27N3/c1-3-11-27(12-4-1)38-41-39(28-13-5-2-6-14-28)43-40(42-38)34-19-10-18-31(24-34)29-16-9-17-30(23-29)32-21-22-37-35(25-32)26-33-15-7-8-20-36(33)37/h1-25H,26H2. The second-order valence-corrected chi connectivity index (χ2v) is 10.9. The van der Waals surface area contributed by atoms with Gasteiger partial charge < -0.3 is 0 Å². The van der Waals surface area contributed by atoms with Crippen LogP contribution in [0.15, 0.2) is 152 Å². The molecule has 1 heterocycles. The first-order chi connectivity index (χ1) is 21.3. The zero-order valence-electron chi connectivity index (χ0n) is 23.5. The monoisotopic (exact) mass is 549 g/mol. The molecule has 0 fully saturated rings. The highest BCUT2D eigenvalue weighted by atomic mass is 15.0. The Morgan fingerprint density at radius 2 is 0.744 bits per heavy atom. The van der Waals surface area contributed by atoms with Gasteiger partial charge in [-0.2, -0.15) is 0 Å². The maximum atomic E-state index is 4.93. The third-order valence-corrected chi connectivity index (χ3v) is 8.14. The number of hydrogen-bond acceptors (Lipinski definition) is 3. The van der Waals surface area contributed by atoms with Crippen molar-refractivity contribution in [1.29, 1.82) is 0 Å². The number of aromatic nitrogens is 3. The lowest BCUT2D eigenvalue weighted by molar-refractivity contribution is 1.07. The molecule has 0 N–H and O–H groups in total. The average Bonchev–Trinajstić information content (AvgIpc) is 3.47. The summed E-state index contributed by atoms with van der Waals surface area (Å²) in [5, 5.41) is 0. The van der Waals surface area contributed by atoms with Gasteiger partial charge in [0.05, 0.1) is 0 Å². The van der Waals surface area contributed by atoms with E-state index in [4.69, 9.17) is 15.0 Å². The van der Waals surface area contributed by atoms with Crippen LogP contribution < -0.4 is 0 Å². The van der Waals surface area contributed by atoms with Crippen molar-refractivity contribution in [3.05, 3.63) is 163 Å². The highest BCUT2D eigenvalue weighted by Gasteiger charge is 2.18. The second-order valence-electron chi connectivity index (χ2n) is 10.9. The molecule has 0 amide bonds. The van der Waals surface area contributed by atoms with Crippen LogP contribution in [0.25, 0.3) is 67.5 Å². The molecule has 8 rings (SSSR count). The van der Waals surface area contributed by atoms with Crippen molar-refractivity contribution < 1.29 is 0 Å². The molecule has 0 unspecified atom stereocenters. The normalized spacial score (nSPS) is 11.6. The highest BCUT2D eigenvalue weighted by Crippen LogP contribution is 2.39. The van der Waals surface area contributed by atoms with Crippen LogP contribution >= 0.6 is 0 Å². The van der Waals surface area contributed by atoms with Gasteiger partial charge in [-0.05, 0) is 63.1 Å². The average molecular weight is 550 g/mol. The van der Waals surface area contributed by atoms with E-state index in [1.54, 1.807) is 0 Å². The molecule has 0 aliphatic heterocycles. The van der Waals surface area contributed by atoms with Crippen molar-refractivity contribution in [1.82, 2.24) is 15.0 Å². The van der Waals surface area contributed by atoms with E-state index in [9.17, 15) is 0 Å². The Hall–Kier alpha value is -5.67. The van der Waals surface area contributed by atoms with E-state index in [0.29, 0.717) is 17.5 Å². The van der Waals surface area contributed by atoms with Gasteiger partial charge in [-0.3, -0.25) is 0 Å². The minimum absolute atomic E-state index is 0.656. The third-order valence-electron chi connectivity index (χ3n) is 8.14. The Morgan fingerprint density at radius 3 is 1.37 bits per heavy atom. The van der Waals surface area contributed by atoms with Crippen molar-refractivity contribution in [2.24, 2.45) is 0 Å². The molecule has 3 heteroatoms. The third kappa shape index (κ3) is 4.81. The van der Waals surface area contributed by atoms with Crippen LogP contribution in [0.5, 0.6) is 0 Å². The number of nitrogens with zero attached hydrogens (tertiary/aromatic N) is 3. The molecule has 7 aromatic rings. The molecule has 0 bridgehead atoms. The van der Waals surface area contributed by atoms with Crippen molar-refractivity contribution >= 4 is 0 Å². The van der Waals surface area contributed by atoms with Crippen LogP contribution in [-0.2, 0) is 6.42 Å². The smallest absolute Gasteiger partial charge is 0.164 e. The number of fused-ring (bicyclic) bond motifs is 3. The summed E-state index contributed by atoms with van der Waals surface area (Å²) >= 11 is 0. The summed E-state index contributed by atoms with van der Waals surface area (Å²) in [6.45, 7) is 0. The first kappa shape index (κ1) is 25.1. The van der Waals surface area contributed by atoms with Crippen molar-refractivity contribution in [3.8, 4) is 67.5 Å². The van der Waals surface area contributed by atoms with E-state index in [0.717, 1.165) is 34.2 Å².